The molecule has 0 aromatic heterocycles. The Labute approximate surface area is 200 Å². The van der Waals surface area contributed by atoms with Gasteiger partial charge in [0.1, 0.15) is 0 Å². The van der Waals surface area contributed by atoms with Crippen LogP contribution in [0.15, 0.2) is 48.5 Å². The Hall–Kier alpha value is -1.21. The van der Waals surface area contributed by atoms with Crippen molar-refractivity contribution in [1.29, 1.82) is 0 Å². The third-order valence-corrected chi connectivity index (χ3v) is 16.4. The molecule has 2 nitrogen and oxygen atoms in total. The Kier molecular flexibility index (Phi) is 8.09. The van der Waals surface area contributed by atoms with Gasteiger partial charge in [0.05, 0.1) is 12.2 Å². The SMILES string of the molecule is Cc1cccc(C(O[Si](C)(C)C(C)(C)C)C(O[Si](C)(C)C(C)(C)C)c2cccc(C)c2)c1. The summed E-state index contributed by atoms with van der Waals surface area (Å²) in [5, 5.41) is 0.229. The molecule has 0 fully saturated rings. The lowest BCUT2D eigenvalue weighted by Gasteiger charge is -2.45. The van der Waals surface area contributed by atoms with Gasteiger partial charge in [0.2, 0.25) is 0 Å². The van der Waals surface area contributed by atoms with Gasteiger partial charge in [0, 0.05) is 0 Å². The summed E-state index contributed by atoms with van der Waals surface area (Å²) in [6.07, 6.45) is -0.293. The Morgan fingerprint density at radius 2 is 0.906 bits per heavy atom. The second-order valence-electron chi connectivity index (χ2n) is 12.4. The lowest BCUT2D eigenvalue weighted by molar-refractivity contribution is 0.0332. The maximum Gasteiger partial charge on any atom is 0.193 e. The highest BCUT2D eigenvalue weighted by atomic mass is 28.4. The first-order valence-corrected chi connectivity index (χ1v) is 17.7. The summed E-state index contributed by atoms with van der Waals surface area (Å²) in [6, 6.07) is 17.6. The second-order valence-corrected chi connectivity index (χ2v) is 21.9. The van der Waals surface area contributed by atoms with Gasteiger partial charge in [-0.1, -0.05) is 101 Å². The van der Waals surface area contributed by atoms with Crippen LogP contribution in [0.4, 0.5) is 0 Å². The molecule has 0 radical (unpaired) electrons. The van der Waals surface area contributed by atoms with E-state index in [4.69, 9.17) is 8.85 Å². The zero-order chi connectivity index (χ0) is 24.5. The van der Waals surface area contributed by atoms with E-state index >= 15 is 0 Å². The van der Waals surface area contributed by atoms with Crippen molar-refractivity contribution in [2.75, 3.05) is 0 Å². The molecule has 2 atom stereocenters. The van der Waals surface area contributed by atoms with Crippen LogP contribution >= 0.6 is 0 Å². The lowest BCUT2D eigenvalue weighted by Crippen LogP contribution is -2.46. The van der Waals surface area contributed by atoms with E-state index < -0.39 is 16.6 Å². The normalized spacial score (nSPS) is 15.5. The van der Waals surface area contributed by atoms with Gasteiger partial charge < -0.3 is 8.85 Å². The fraction of sp³-hybridized carbons (Fsp3) is 0.571. The number of benzene rings is 2. The summed E-state index contributed by atoms with van der Waals surface area (Å²) in [5.41, 5.74) is 4.92. The van der Waals surface area contributed by atoms with Crippen LogP contribution in [0.3, 0.4) is 0 Å². The molecule has 178 valence electrons. The molecule has 4 heteroatoms. The number of hydrogen-bond donors (Lipinski definition) is 0. The number of rotatable bonds is 7. The third kappa shape index (κ3) is 6.43. The van der Waals surface area contributed by atoms with E-state index in [1.807, 2.05) is 0 Å². The Bertz CT molecular complexity index is 829. The molecule has 0 bridgehead atoms. The van der Waals surface area contributed by atoms with Gasteiger partial charge in [-0.3, -0.25) is 0 Å². The standard InChI is InChI=1S/C28H46O2Si2/c1-21-15-13-17-23(19-21)25(29-31(9,10)27(3,4)5)26(24-18-14-16-22(2)20-24)30-32(11,12)28(6,7)8/h13-20,25-26H,1-12H3. The summed E-state index contributed by atoms with van der Waals surface area (Å²) in [5.74, 6) is 0. The van der Waals surface area contributed by atoms with Gasteiger partial charge >= 0.3 is 0 Å². The maximum absolute atomic E-state index is 7.19. The Balaban J connectivity index is 2.70. The van der Waals surface area contributed by atoms with Crippen molar-refractivity contribution in [3.63, 3.8) is 0 Å². The summed E-state index contributed by atoms with van der Waals surface area (Å²) >= 11 is 0. The molecular weight excluding hydrogens is 424 g/mol. The highest BCUT2D eigenvalue weighted by molar-refractivity contribution is 6.74. The molecule has 0 amide bonds. The van der Waals surface area contributed by atoms with Gasteiger partial charge in [0.15, 0.2) is 16.6 Å². The first-order valence-electron chi connectivity index (χ1n) is 11.9. The fourth-order valence-electron chi connectivity index (χ4n) is 3.29. The highest BCUT2D eigenvalue weighted by Gasteiger charge is 2.45. The van der Waals surface area contributed by atoms with Crippen LogP contribution in [-0.4, -0.2) is 16.6 Å². The zero-order valence-corrected chi connectivity index (χ0v) is 24.6. The van der Waals surface area contributed by atoms with Crippen LogP contribution in [0.25, 0.3) is 0 Å². The van der Waals surface area contributed by atoms with Crippen molar-refractivity contribution in [3.8, 4) is 0 Å². The average Bonchev–Trinajstić information content (AvgIpc) is 2.62. The molecule has 2 unspecified atom stereocenters. The van der Waals surface area contributed by atoms with Crippen molar-refractivity contribution >= 4 is 16.6 Å². The average molecular weight is 471 g/mol. The van der Waals surface area contributed by atoms with E-state index in [2.05, 4.69) is 130 Å². The van der Waals surface area contributed by atoms with Gasteiger partial charge in [-0.15, -0.1) is 0 Å². The molecule has 0 saturated heterocycles. The molecular formula is C28H46O2Si2. The molecule has 0 spiro atoms. The van der Waals surface area contributed by atoms with Crippen LogP contribution in [0.5, 0.6) is 0 Å². The highest BCUT2D eigenvalue weighted by Crippen LogP contribution is 2.48. The number of aryl methyl sites for hydroxylation is 2. The van der Waals surface area contributed by atoms with Gasteiger partial charge in [-0.25, -0.2) is 0 Å². The minimum absolute atomic E-state index is 0.114. The van der Waals surface area contributed by atoms with Gasteiger partial charge in [-0.05, 0) is 61.2 Å². The van der Waals surface area contributed by atoms with E-state index in [0.29, 0.717) is 0 Å². The predicted octanol–water partition coefficient (Wildman–Crippen LogP) is 9.13. The molecule has 2 aromatic carbocycles. The Morgan fingerprint density at radius 1 is 0.594 bits per heavy atom. The van der Waals surface area contributed by atoms with Crippen molar-refractivity contribution in [2.45, 2.75) is 104 Å². The molecule has 0 saturated carbocycles. The van der Waals surface area contributed by atoms with E-state index in [9.17, 15) is 0 Å². The number of hydrogen-bond acceptors (Lipinski definition) is 2. The van der Waals surface area contributed by atoms with Crippen LogP contribution in [0.1, 0.15) is 76.0 Å². The van der Waals surface area contributed by atoms with Crippen molar-refractivity contribution < 1.29 is 8.85 Å². The molecule has 2 aromatic rings. The summed E-state index contributed by atoms with van der Waals surface area (Å²) in [6.45, 7) is 27.5. The Morgan fingerprint density at radius 3 is 1.16 bits per heavy atom. The second kappa shape index (κ2) is 9.57. The van der Waals surface area contributed by atoms with Crippen molar-refractivity contribution in [2.24, 2.45) is 0 Å². The first-order chi connectivity index (χ1) is 14.4. The van der Waals surface area contributed by atoms with Gasteiger partial charge in [-0.2, -0.15) is 0 Å². The van der Waals surface area contributed by atoms with Crippen LogP contribution in [0.2, 0.25) is 36.3 Å². The fourth-order valence-corrected chi connectivity index (χ4v) is 5.79. The maximum atomic E-state index is 7.19. The van der Waals surface area contributed by atoms with Crippen LogP contribution < -0.4 is 0 Å². The molecule has 2 rings (SSSR count). The largest absolute Gasteiger partial charge is 0.407 e. The van der Waals surface area contributed by atoms with E-state index in [0.717, 1.165) is 0 Å². The van der Waals surface area contributed by atoms with E-state index in [1.165, 1.54) is 22.3 Å². The van der Waals surface area contributed by atoms with Crippen molar-refractivity contribution in [3.05, 3.63) is 70.8 Å². The molecule has 0 N–H and O–H groups in total. The molecule has 0 aliphatic rings. The lowest BCUT2D eigenvalue weighted by atomic mass is 9.96. The first kappa shape index (κ1) is 27.0. The van der Waals surface area contributed by atoms with E-state index in [-0.39, 0.29) is 22.3 Å². The van der Waals surface area contributed by atoms with Crippen LogP contribution in [0, 0.1) is 13.8 Å². The monoisotopic (exact) mass is 470 g/mol. The van der Waals surface area contributed by atoms with Crippen LogP contribution in [-0.2, 0) is 8.85 Å². The van der Waals surface area contributed by atoms with Gasteiger partial charge in [0.25, 0.3) is 0 Å². The molecule has 0 aliphatic carbocycles. The predicted molar refractivity (Wildman–Crippen MR) is 144 cm³/mol. The molecule has 32 heavy (non-hydrogen) atoms. The smallest absolute Gasteiger partial charge is 0.193 e. The zero-order valence-electron chi connectivity index (χ0n) is 22.6. The summed E-state index contributed by atoms with van der Waals surface area (Å²) in [4.78, 5) is 0. The van der Waals surface area contributed by atoms with E-state index in [1.54, 1.807) is 0 Å². The third-order valence-electron chi connectivity index (χ3n) is 7.47. The molecule has 0 heterocycles. The minimum atomic E-state index is -2.06. The summed E-state index contributed by atoms with van der Waals surface area (Å²) < 4.78 is 14.4. The van der Waals surface area contributed by atoms with Crippen molar-refractivity contribution in [1.82, 2.24) is 0 Å². The topological polar surface area (TPSA) is 18.5 Å². The quantitative estimate of drug-likeness (QED) is 0.375. The summed E-state index contributed by atoms with van der Waals surface area (Å²) in [7, 11) is -4.13. The minimum Gasteiger partial charge on any atom is -0.407 e. The molecule has 0 aliphatic heterocycles.